The van der Waals surface area contributed by atoms with Gasteiger partial charge in [0.25, 0.3) is 0 Å². The number of carbonyl (C=O) groups excluding carboxylic acids is 2. The van der Waals surface area contributed by atoms with Crippen molar-refractivity contribution >= 4 is 11.9 Å². The predicted octanol–water partition coefficient (Wildman–Crippen LogP) is 0.810. The molecular weight excluding hydrogens is 172 g/mol. The van der Waals surface area contributed by atoms with Gasteiger partial charge in [-0.15, -0.1) is 6.58 Å². The van der Waals surface area contributed by atoms with Crippen molar-refractivity contribution in [1.82, 2.24) is 0 Å². The second kappa shape index (κ2) is 4.07. The first kappa shape index (κ1) is 9.77. The molecule has 0 aromatic carbocycles. The maximum absolute atomic E-state index is 11.1. The van der Waals surface area contributed by atoms with Crippen molar-refractivity contribution in [2.24, 2.45) is 0 Å². The molecule has 0 radical (unpaired) electrons. The normalized spacial score (nSPS) is 27.8. The Hall–Kier alpha value is -1.32. The maximum Gasteiger partial charge on any atom is 0.348 e. The van der Waals surface area contributed by atoms with Gasteiger partial charge in [-0.2, -0.15) is 0 Å². The number of hydrogen-bond donors (Lipinski definition) is 0. The van der Waals surface area contributed by atoms with Crippen molar-refractivity contribution in [2.45, 2.75) is 32.0 Å². The summed E-state index contributed by atoms with van der Waals surface area (Å²) in [5.41, 5.74) is 0. The van der Waals surface area contributed by atoms with E-state index in [4.69, 9.17) is 9.47 Å². The van der Waals surface area contributed by atoms with Crippen molar-refractivity contribution in [3.8, 4) is 0 Å². The molecule has 1 aliphatic heterocycles. The molecule has 2 atom stereocenters. The number of cyclic esters (lactones) is 2. The van der Waals surface area contributed by atoms with E-state index in [1.54, 1.807) is 6.08 Å². The Kier molecular flexibility index (Phi) is 3.06. The fourth-order valence-corrected chi connectivity index (χ4v) is 1.03. The third kappa shape index (κ3) is 2.31. The molecule has 1 fully saturated rings. The number of hydrogen-bond acceptors (Lipinski definition) is 4. The van der Waals surface area contributed by atoms with Crippen LogP contribution in [0.1, 0.15) is 19.8 Å². The molecule has 1 rings (SSSR count). The molecule has 0 aromatic rings. The second-order valence-corrected chi connectivity index (χ2v) is 2.87. The second-order valence-electron chi connectivity index (χ2n) is 2.87. The number of allylic oxidation sites excluding steroid dienone is 1. The van der Waals surface area contributed by atoms with Crippen LogP contribution in [-0.2, 0) is 19.1 Å². The summed E-state index contributed by atoms with van der Waals surface area (Å²) in [5.74, 6) is -0.942. The Morgan fingerprint density at radius 3 is 2.69 bits per heavy atom. The Morgan fingerprint density at radius 2 is 2.08 bits per heavy atom. The first-order chi connectivity index (χ1) is 6.15. The van der Waals surface area contributed by atoms with E-state index in [1.807, 2.05) is 0 Å². The molecule has 72 valence electrons. The number of rotatable bonds is 3. The SMILES string of the molecule is C=CCCC1OC(=O)C(C)OC1=O. The molecule has 0 bridgehead atoms. The molecule has 4 heteroatoms. The van der Waals surface area contributed by atoms with Crippen LogP contribution in [0.5, 0.6) is 0 Å². The summed E-state index contributed by atoms with van der Waals surface area (Å²) in [6, 6.07) is 0. The van der Waals surface area contributed by atoms with Crippen LogP contribution in [0, 0.1) is 0 Å². The zero-order chi connectivity index (χ0) is 9.84. The highest BCUT2D eigenvalue weighted by Crippen LogP contribution is 2.14. The van der Waals surface area contributed by atoms with Gasteiger partial charge in [0.05, 0.1) is 0 Å². The van der Waals surface area contributed by atoms with Crippen LogP contribution < -0.4 is 0 Å². The molecule has 0 aliphatic carbocycles. The third-order valence-corrected chi connectivity index (χ3v) is 1.78. The van der Waals surface area contributed by atoms with E-state index >= 15 is 0 Å². The first-order valence-corrected chi connectivity index (χ1v) is 4.17. The summed E-state index contributed by atoms with van der Waals surface area (Å²) >= 11 is 0. The molecular formula is C9H12O4. The molecule has 4 nitrogen and oxygen atoms in total. The Morgan fingerprint density at radius 1 is 1.38 bits per heavy atom. The van der Waals surface area contributed by atoms with Crippen LogP contribution in [0.2, 0.25) is 0 Å². The van der Waals surface area contributed by atoms with Gasteiger partial charge in [0.1, 0.15) is 0 Å². The summed E-state index contributed by atoms with van der Waals surface area (Å²) in [5, 5.41) is 0. The molecule has 0 spiro atoms. The largest absolute Gasteiger partial charge is 0.448 e. The van der Waals surface area contributed by atoms with Gasteiger partial charge in [-0.1, -0.05) is 6.08 Å². The van der Waals surface area contributed by atoms with E-state index in [0.717, 1.165) is 0 Å². The van der Waals surface area contributed by atoms with E-state index in [1.165, 1.54) is 6.92 Å². The van der Waals surface area contributed by atoms with Gasteiger partial charge in [-0.05, 0) is 19.8 Å². The van der Waals surface area contributed by atoms with Gasteiger partial charge in [-0.3, -0.25) is 0 Å². The monoisotopic (exact) mass is 184 g/mol. The van der Waals surface area contributed by atoms with Gasteiger partial charge in [0.2, 0.25) is 0 Å². The minimum atomic E-state index is -0.771. The fraction of sp³-hybridized carbons (Fsp3) is 0.556. The lowest BCUT2D eigenvalue weighted by atomic mass is 10.2. The van der Waals surface area contributed by atoms with E-state index in [9.17, 15) is 9.59 Å². The molecule has 13 heavy (non-hydrogen) atoms. The van der Waals surface area contributed by atoms with Gasteiger partial charge >= 0.3 is 11.9 Å². The molecule has 0 saturated carbocycles. The van der Waals surface area contributed by atoms with Crippen molar-refractivity contribution < 1.29 is 19.1 Å². The standard InChI is InChI=1S/C9H12O4/c1-3-4-5-7-9(11)12-6(2)8(10)13-7/h3,6-7H,1,4-5H2,2H3. The quantitative estimate of drug-likeness (QED) is 0.481. The zero-order valence-corrected chi connectivity index (χ0v) is 7.49. The van der Waals surface area contributed by atoms with Crippen LogP contribution in [0.15, 0.2) is 12.7 Å². The first-order valence-electron chi connectivity index (χ1n) is 4.17. The smallest absolute Gasteiger partial charge is 0.348 e. The highest BCUT2D eigenvalue weighted by Gasteiger charge is 2.34. The number of esters is 2. The molecule has 0 amide bonds. The molecule has 2 unspecified atom stereocenters. The summed E-state index contributed by atoms with van der Waals surface area (Å²) in [6.45, 7) is 5.00. The van der Waals surface area contributed by atoms with Crippen LogP contribution in [-0.4, -0.2) is 24.1 Å². The Labute approximate surface area is 76.5 Å². The van der Waals surface area contributed by atoms with E-state index < -0.39 is 24.1 Å². The summed E-state index contributed by atoms with van der Waals surface area (Å²) in [6.07, 6.45) is 1.22. The molecule has 0 aromatic heterocycles. The molecule has 1 aliphatic rings. The lowest BCUT2D eigenvalue weighted by Crippen LogP contribution is -2.42. The highest BCUT2D eigenvalue weighted by molar-refractivity contribution is 5.87. The van der Waals surface area contributed by atoms with Gasteiger partial charge < -0.3 is 9.47 Å². The Balaban J connectivity index is 2.51. The van der Waals surface area contributed by atoms with Crippen LogP contribution >= 0.6 is 0 Å². The predicted molar refractivity (Wildman–Crippen MR) is 44.9 cm³/mol. The van der Waals surface area contributed by atoms with Crippen molar-refractivity contribution in [3.05, 3.63) is 12.7 Å². The van der Waals surface area contributed by atoms with Gasteiger partial charge in [-0.25, -0.2) is 9.59 Å². The maximum atomic E-state index is 11.1. The minimum absolute atomic E-state index is 0.445. The van der Waals surface area contributed by atoms with Crippen molar-refractivity contribution in [3.63, 3.8) is 0 Å². The van der Waals surface area contributed by atoms with Crippen LogP contribution in [0.4, 0.5) is 0 Å². The van der Waals surface area contributed by atoms with Crippen molar-refractivity contribution in [1.29, 1.82) is 0 Å². The minimum Gasteiger partial charge on any atom is -0.448 e. The fourth-order valence-electron chi connectivity index (χ4n) is 1.03. The van der Waals surface area contributed by atoms with Gasteiger partial charge in [0.15, 0.2) is 12.2 Å². The van der Waals surface area contributed by atoms with Crippen LogP contribution in [0.25, 0.3) is 0 Å². The zero-order valence-electron chi connectivity index (χ0n) is 7.49. The van der Waals surface area contributed by atoms with Gasteiger partial charge in [0, 0.05) is 0 Å². The lowest BCUT2D eigenvalue weighted by Gasteiger charge is -2.24. The highest BCUT2D eigenvalue weighted by atomic mass is 16.6. The molecule has 0 N–H and O–H groups in total. The molecule has 1 saturated heterocycles. The van der Waals surface area contributed by atoms with Crippen molar-refractivity contribution in [2.75, 3.05) is 0 Å². The number of ether oxygens (including phenoxy) is 2. The summed E-state index contributed by atoms with van der Waals surface area (Å²) in [7, 11) is 0. The average molecular weight is 184 g/mol. The van der Waals surface area contributed by atoms with Crippen LogP contribution in [0.3, 0.4) is 0 Å². The average Bonchev–Trinajstić information content (AvgIpc) is 2.09. The summed E-state index contributed by atoms with van der Waals surface area (Å²) in [4.78, 5) is 22.1. The van der Waals surface area contributed by atoms with E-state index in [2.05, 4.69) is 6.58 Å². The van der Waals surface area contributed by atoms with E-state index in [0.29, 0.717) is 12.8 Å². The summed E-state index contributed by atoms with van der Waals surface area (Å²) < 4.78 is 9.61. The Bertz CT molecular complexity index is 234. The van der Waals surface area contributed by atoms with E-state index in [-0.39, 0.29) is 0 Å². The number of carbonyl (C=O) groups is 2. The molecule has 1 heterocycles. The topological polar surface area (TPSA) is 52.6 Å². The lowest BCUT2D eigenvalue weighted by molar-refractivity contribution is -0.193. The third-order valence-electron chi connectivity index (χ3n) is 1.78.